The number of aromatic nitrogens is 2. The molecule has 1 heterocycles. The highest BCUT2D eigenvalue weighted by atomic mass is 16.3. The molecule has 9 heavy (non-hydrogen) atoms. The number of rotatable bonds is 2. The molecule has 0 aliphatic heterocycles. The molecule has 1 radical (unpaired) electrons. The zero-order valence-electron chi connectivity index (χ0n) is 5.37. The molecule has 1 aromatic heterocycles. The first-order chi connectivity index (χ1) is 4.34. The Kier molecular flexibility index (Phi) is 1.85. The summed E-state index contributed by atoms with van der Waals surface area (Å²) in [6, 6.07) is 0. The number of hydrogen-bond acceptors (Lipinski definition) is 1. The fourth-order valence-electron chi connectivity index (χ4n) is 0.729. The minimum Gasteiger partial charge on any atom is -0.338 e. The monoisotopic (exact) mass is 125 g/mol. The van der Waals surface area contributed by atoms with E-state index in [1.807, 2.05) is 17.8 Å². The molecule has 0 amide bonds. The number of nitrogens with zero attached hydrogens (tertiary/aromatic N) is 2. The van der Waals surface area contributed by atoms with Crippen molar-refractivity contribution in [3.63, 3.8) is 0 Å². The van der Waals surface area contributed by atoms with Gasteiger partial charge in [-0.05, 0) is 0 Å². The maximum Gasteiger partial charge on any atom is 0.110 e. The van der Waals surface area contributed by atoms with Crippen molar-refractivity contribution >= 4 is 0 Å². The summed E-state index contributed by atoms with van der Waals surface area (Å²) in [5.41, 5.74) is 0. The summed E-state index contributed by atoms with van der Waals surface area (Å²) < 4.78 is 1.86. The van der Waals surface area contributed by atoms with Crippen LogP contribution < -0.4 is 0 Å². The summed E-state index contributed by atoms with van der Waals surface area (Å²) in [6.45, 7) is -0.0785. The first-order valence-corrected chi connectivity index (χ1v) is 2.89. The second-order valence-electron chi connectivity index (χ2n) is 1.91. The van der Waals surface area contributed by atoms with Gasteiger partial charge in [0.25, 0.3) is 0 Å². The quantitative estimate of drug-likeness (QED) is 0.563. The van der Waals surface area contributed by atoms with Crippen molar-refractivity contribution < 1.29 is 5.11 Å². The van der Waals surface area contributed by atoms with Crippen molar-refractivity contribution in [1.29, 1.82) is 0 Å². The maximum atomic E-state index is 10.1. The molecule has 0 unspecified atom stereocenters. The summed E-state index contributed by atoms with van der Waals surface area (Å²) >= 11 is 0. The van der Waals surface area contributed by atoms with Crippen molar-refractivity contribution in [1.82, 2.24) is 9.55 Å². The summed E-state index contributed by atoms with van der Waals surface area (Å²) in [5.74, 6) is 0.866. The molecule has 0 spiro atoms. The largest absolute Gasteiger partial charge is 0.338 e. The van der Waals surface area contributed by atoms with E-state index in [0.717, 1.165) is 5.82 Å². The van der Waals surface area contributed by atoms with Gasteiger partial charge < -0.3 is 4.57 Å². The molecule has 0 bridgehead atoms. The SMILES string of the molecule is Cn1ccnc1CC[O]. The molecule has 49 valence electrons. The van der Waals surface area contributed by atoms with Crippen molar-refractivity contribution in [3.8, 4) is 0 Å². The van der Waals surface area contributed by atoms with Crippen LogP contribution >= 0.6 is 0 Å². The first kappa shape index (κ1) is 6.29. The van der Waals surface area contributed by atoms with E-state index in [1.165, 1.54) is 0 Å². The Bertz CT molecular complexity index is 183. The third kappa shape index (κ3) is 1.29. The molecular formula is C6H9N2O. The van der Waals surface area contributed by atoms with Gasteiger partial charge in [-0.15, -0.1) is 0 Å². The van der Waals surface area contributed by atoms with E-state index in [2.05, 4.69) is 4.98 Å². The molecule has 0 fully saturated rings. The summed E-state index contributed by atoms with van der Waals surface area (Å²) in [5, 5.41) is 10.1. The fraction of sp³-hybridized carbons (Fsp3) is 0.500. The molecule has 0 atom stereocenters. The van der Waals surface area contributed by atoms with Gasteiger partial charge in [0.05, 0.1) is 6.61 Å². The Morgan fingerprint density at radius 1 is 1.78 bits per heavy atom. The van der Waals surface area contributed by atoms with Gasteiger partial charge in [-0.2, -0.15) is 0 Å². The summed E-state index contributed by atoms with van der Waals surface area (Å²) in [4.78, 5) is 3.97. The molecule has 1 aromatic rings. The van der Waals surface area contributed by atoms with Crippen LogP contribution in [-0.4, -0.2) is 16.2 Å². The smallest absolute Gasteiger partial charge is 0.110 e. The van der Waals surface area contributed by atoms with Crippen LogP contribution in [0.15, 0.2) is 12.4 Å². The first-order valence-electron chi connectivity index (χ1n) is 2.89. The second-order valence-corrected chi connectivity index (χ2v) is 1.91. The second kappa shape index (κ2) is 2.64. The molecule has 0 aromatic carbocycles. The third-order valence-corrected chi connectivity index (χ3v) is 1.25. The van der Waals surface area contributed by atoms with Gasteiger partial charge in [-0.25, -0.2) is 10.1 Å². The van der Waals surface area contributed by atoms with Gasteiger partial charge in [0.1, 0.15) is 5.82 Å². The molecule has 0 aliphatic carbocycles. The third-order valence-electron chi connectivity index (χ3n) is 1.25. The molecule has 0 saturated carbocycles. The van der Waals surface area contributed by atoms with E-state index in [0.29, 0.717) is 6.42 Å². The lowest BCUT2D eigenvalue weighted by Gasteiger charge is -1.94. The molecule has 3 nitrogen and oxygen atoms in total. The lowest BCUT2D eigenvalue weighted by molar-refractivity contribution is 0.194. The standard InChI is InChI=1S/C6H9N2O/c1-8-4-3-7-6(8)2-5-9/h3-4H,2,5H2,1H3. The van der Waals surface area contributed by atoms with Gasteiger partial charge in [0, 0.05) is 25.9 Å². The number of hydrogen-bond donors (Lipinski definition) is 0. The number of imidazole rings is 1. The van der Waals surface area contributed by atoms with Crippen molar-refractivity contribution in [2.45, 2.75) is 6.42 Å². The van der Waals surface area contributed by atoms with Crippen LogP contribution in [-0.2, 0) is 18.6 Å². The highest BCUT2D eigenvalue weighted by Gasteiger charge is 1.95. The lowest BCUT2D eigenvalue weighted by Crippen LogP contribution is -1.98. The molecule has 3 heteroatoms. The van der Waals surface area contributed by atoms with Crippen LogP contribution in [0, 0.1) is 0 Å². The Morgan fingerprint density at radius 2 is 2.56 bits per heavy atom. The Labute approximate surface area is 54.0 Å². The van der Waals surface area contributed by atoms with Crippen molar-refractivity contribution in [2.75, 3.05) is 6.61 Å². The van der Waals surface area contributed by atoms with Crippen LogP contribution in [0.2, 0.25) is 0 Å². The Hall–Kier alpha value is -0.830. The molecule has 0 saturated heterocycles. The highest BCUT2D eigenvalue weighted by molar-refractivity contribution is 4.90. The van der Waals surface area contributed by atoms with Crippen LogP contribution in [0.5, 0.6) is 0 Å². The van der Waals surface area contributed by atoms with Gasteiger partial charge in [-0.1, -0.05) is 0 Å². The highest BCUT2D eigenvalue weighted by Crippen LogP contribution is 1.93. The fourth-order valence-corrected chi connectivity index (χ4v) is 0.729. The van der Waals surface area contributed by atoms with Gasteiger partial charge in [-0.3, -0.25) is 0 Å². The van der Waals surface area contributed by atoms with Crippen LogP contribution in [0.4, 0.5) is 0 Å². The minimum atomic E-state index is -0.0785. The van der Waals surface area contributed by atoms with Crippen LogP contribution in [0.3, 0.4) is 0 Å². The molecule has 0 aliphatic rings. The Balaban J connectivity index is 2.69. The molecule has 1 rings (SSSR count). The van der Waals surface area contributed by atoms with Crippen LogP contribution in [0.1, 0.15) is 5.82 Å². The molecule has 0 N–H and O–H groups in total. The van der Waals surface area contributed by atoms with Gasteiger partial charge in [0.15, 0.2) is 0 Å². The van der Waals surface area contributed by atoms with E-state index in [4.69, 9.17) is 0 Å². The van der Waals surface area contributed by atoms with E-state index < -0.39 is 0 Å². The van der Waals surface area contributed by atoms with Crippen LogP contribution in [0.25, 0.3) is 0 Å². The molecular weight excluding hydrogens is 116 g/mol. The summed E-state index contributed by atoms with van der Waals surface area (Å²) in [6.07, 6.45) is 4.07. The predicted molar refractivity (Wildman–Crippen MR) is 32.5 cm³/mol. The average Bonchev–Trinajstić information content (AvgIpc) is 2.18. The maximum absolute atomic E-state index is 10.1. The van der Waals surface area contributed by atoms with Gasteiger partial charge >= 0.3 is 0 Å². The zero-order valence-corrected chi connectivity index (χ0v) is 5.37. The average molecular weight is 125 g/mol. The number of aryl methyl sites for hydroxylation is 1. The van der Waals surface area contributed by atoms with E-state index in [9.17, 15) is 5.11 Å². The lowest BCUT2D eigenvalue weighted by atomic mass is 10.4. The Morgan fingerprint density at radius 3 is 3.00 bits per heavy atom. The summed E-state index contributed by atoms with van der Waals surface area (Å²) in [7, 11) is 1.89. The van der Waals surface area contributed by atoms with Gasteiger partial charge in [0.2, 0.25) is 0 Å². The normalized spacial score (nSPS) is 10.0. The van der Waals surface area contributed by atoms with Crippen molar-refractivity contribution in [3.05, 3.63) is 18.2 Å². The predicted octanol–water partition coefficient (Wildman–Crippen LogP) is 0.393. The zero-order chi connectivity index (χ0) is 6.69. The van der Waals surface area contributed by atoms with E-state index in [-0.39, 0.29) is 6.61 Å². The van der Waals surface area contributed by atoms with Crippen molar-refractivity contribution in [2.24, 2.45) is 7.05 Å². The topological polar surface area (TPSA) is 37.7 Å². The van der Waals surface area contributed by atoms with E-state index in [1.54, 1.807) is 6.20 Å². The minimum absolute atomic E-state index is 0.0785. The van der Waals surface area contributed by atoms with E-state index >= 15 is 0 Å².